The molecule has 0 bridgehead atoms. The predicted molar refractivity (Wildman–Crippen MR) is 46.4 cm³/mol. The lowest BCUT2D eigenvalue weighted by Gasteiger charge is -1.93. The van der Waals surface area contributed by atoms with Gasteiger partial charge < -0.3 is 5.73 Å². The number of halogens is 1. The molecule has 0 radical (unpaired) electrons. The van der Waals surface area contributed by atoms with E-state index in [0.717, 1.165) is 0 Å². The van der Waals surface area contributed by atoms with Crippen LogP contribution in [0.5, 0.6) is 0 Å². The molecule has 0 fully saturated rings. The van der Waals surface area contributed by atoms with Gasteiger partial charge in [0.25, 0.3) is 0 Å². The van der Waals surface area contributed by atoms with Gasteiger partial charge in [-0.1, -0.05) is 30.3 Å². The van der Waals surface area contributed by atoms with Gasteiger partial charge in [-0.2, -0.15) is 0 Å². The highest BCUT2D eigenvalue weighted by atomic mass is 35.5. The van der Waals surface area contributed by atoms with Crippen molar-refractivity contribution in [2.45, 2.75) is 6.37 Å². The third kappa shape index (κ3) is 2.85. The third-order valence-corrected chi connectivity index (χ3v) is 0.990. The van der Waals surface area contributed by atoms with E-state index in [1.165, 1.54) is 12.1 Å². The first kappa shape index (κ1) is 4.37. The summed E-state index contributed by atoms with van der Waals surface area (Å²) in [4.78, 5) is 0. The minimum atomic E-state index is -2.37. The number of benzene rings is 1. The lowest BCUT2D eigenvalue weighted by molar-refractivity contribution is 0.969. The molecular formula is C8H12ClN. The van der Waals surface area contributed by atoms with Crippen molar-refractivity contribution in [3.05, 3.63) is 35.9 Å². The van der Waals surface area contributed by atoms with Gasteiger partial charge >= 0.3 is 0 Å². The predicted octanol–water partition coefficient (Wildman–Crippen LogP) is 1.61. The zero-order valence-corrected chi connectivity index (χ0v) is 6.19. The fourth-order valence-electron chi connectivity index (χ4n) is 0.605. The molecule has 0 aliphatic rings. The molecule has 0 aromatic heterocycles. The van der Waals surface area contributed by atoms with Gasteiger partial charge in [-0.05, 0) is 18.4 Å². The van der Waals surface area contributed by atoms with Crippen molar-refractivity contribution in [1.29, 1.82) is 0 Å². The third-order valence-electron chi connectivity index (χ3n) is 0.990. The Kier molecular flexibility index (Phi) is 2.30. The number of nitrogens with two attached hydrogens (primary N) is 1. The fourth-order valence-corrected chi connectivity index (χ4v) is 0.605. The van der Waals surface area contributed by atoms with Crippen LogP contribution in [0.4, 0.5) is 0 Å². The summed E-state index contributed by atoms with van der Waals surface area (Å²) >= 11 is 0. The van der Waals surface area contributed by atoms with Crippen molar-refractivity contribution in [1.82, 2.24) is 0 Å². The Hall–Kier alpha value is -0.530. The molecule has 0 unspecified atom stereocenters. The molecule has 1 aromatic carbocycles. The van der Waals surface area contributed by atoms with E-state index < -0.39 is 12.9 Å². The first-order valence-corrected chi connectivity index (χ1v) is 2.70. The summed E-state index contributed by atoms with van der Waals surface area (Å²) in [6, 6.07) is 8.08. The highest BCUT2D eigenvalue weighted by molar-refractivity contribution is 5.85. The van der Waals surface area contributed by atoms with Crippen LogP contribution >= 0.6 is 12.4 Å². The standard InChI is InChI=1S/C8H11N.ClH/c9-7-6-8-4-2-1-3-5-8;/h1-5H,6-7,9H2;1H/i6D2,7D2;. The van der Waals surface area contributed by atoms with Crippen molar-refractivity contribution < 1.29 is 5.48 Å². The fraction of sp³-hybridized carbons (Fsp3) is 0.250. The monoisotopic (exact) mass is 161 g/mol. The molecule has 0 saturated carbocycles. The topological polar surface area (TPSA) is 26.0 Å². The van der Waals surface area contributed by atoms with Gasteiger partial charge in [-0.25, -0.2) is 0 Å². The second-order valence-corrected chi connectivity index (χ2v) is 1.64. The summed E-state index contributed by atoms with van der Waals surface area (Å²) in [6.45, 7) is -2.37. The first-order chi connectivity index (χ1) is 5.86. The molecule has 0 heterocycles. The summed E-state index contributed by atoms with van der Waals surface area (Å²) in [5.41, 5.74) is 5.36. The summed E-state index contributed by atoms with van der Waals surface area (Å²) in [6.07, 6.45) is -2.16. The van der Waals surface area contributed by atoms with E-state index in [0.29, 0.717) is 0 Å². The van der Waals surface area contributed by atoms with Crippen LogP contribution in [-0.2, 0) is 6.37 Å². The van der Waals surface area contributed by atoms with Crippen LogP contribution in [-0.4, -0.2) is 6.50 Å². The lowest BCUT2D eigenvalue weighted by atomic mass is 10.2. The largest absolute Gasteiger partial charge is 0.330 e. The molecule has 0 aliphatic carbocycles. The number of rotatable bonds is 2. The van der Waals surface area contributed by atoms with Gasteiger partial charge in [0.1, 0.15) is 0 Å². The van der Waals surface area contributed by atoms with Gasteiger partial charge in [0.2, 0.25) is 0 Å². The maximum atomic E-state index is 7.49. The number of hydrogen-bond acceptors (Lipinski definition) is 1. The van der Waals surface area contributed by atoms with Crippen LogP contribution in [0.1, 0.15) is 11.0 Å². The Balaban J connectivity index is 0.00000169. The van der Waals surface area contributed by atoms with Gasteiger partial charge in [-0.3, -0.25) is 0 Å². The van der Waals surface area contributed by atoms with Crippen LogP contribution in [0.25, 0.3) is 0 Å². The summed E-state index contributed by atoms with van der Waals surface area (Å²) in [7, 11) is 0. The minimum Gasteiger partial charge on any atom is -0.330 e. The molecule has 1 rings (SSSR count). The SMILES string of the molecule is Cl.[2H]C([2H])(N)C([2H])([2H])c1ccccc1. The summed E-state index contributed by atoms with van der Waals surface area (Å²) in [5.74, 6) is 0. The zero-order valence-electron chi connectivity index (χ0n) is 9.37. The molecule has 0 amide bonds. The molecule has 0 saturated heterocycles. The maximum absolute atomic E-state index is 7.49. The van der Waals surface area contributed by atoms with Gasteiger partial charge in [0.15, 0.2) is 0 Å². The van der Waals surface area contributed by atoms with E-state index in [9.17, 15) is 0 Å². The van der Waals surface area contributed by atoms with Crippen molar-refractivity contribution in [2.24, 2.45) is 5.73 Å². The highest BCUT2D eigenvalue weighted by Crippen LogP contribution is 1.96. The molecule has 2 heteroatoms. The summed E-state index contributed by atoms with van der Waals surface area (Å²) < 4.78 is 29.3. The van der Waals surface area contributed by atoms with Crippen molar-refractivity contribution in [3.8, 4) is 0 Å². The highest BCUT2D eigenvalue weighted by Gasteiger charge is 1.84. The van der Waals surface area contributed by atoms with Crippen molar-refractivity contribution in [3.63, 3.8) is 0 Å². The van der Waals surface area contributed by atoms with E-state index in [4.69, 9.17) is 11.2 Å². The van der Waals surface area contributed by atoms with Gasteiger partial charge in [0, 0.05) is 5.48 Å². The van der Waals surface area contributed by atoms with E-state index in [-0.39, 0.29) is 18.0 Å². The number of hydrogen-bond donors (Lipinski definition) is 1. The smallest absolute Gasteiger partial charge is 0.0429 e. The van der Waals surface area contributed by atoms with Crippen LogP contribution in [0, 0.1) is 0 Å². The second kappa shape index (κ2) is 5.27. The minimum absolute atomic E-state index is 0. The quantitative estimate of drug-likeness (QED) is 0.701. The summed E-state index contributed by atoms with van der Waals surface area (Å²) in [5, 5.41) is 0. The van der Waals surface area contributed by atoms with Crippen molar-refractivity contribution in [2.75, 3.05) is 6.50 Å². The van der Waals surface area contributed by atoms with Gasteiger partial charge in [-0.15, -0.1) is 12.4 Å². The Labute approximate surface area is 73.3 Å². The molecule has 2 N–H and O–H groups in total. The van der Waals surface area contributed by atoms with E-state index >= 15 is 0 Å². The van der Waals surface area contributed by atoms with E-state index in [2.05, 4.69) is 0 Å². The first-order valence-electron chi connectivity index (χ1n) is 4.70. The van der Waals surface area contributed by atoms with Crippen LogP contribution in [0.15, 0.2) is 30.3 Å². The molecular weight excluding hydrogens is 146 g/mol. The molecule has 10 heavy (non-hydrogen) atoms. The molecule has 0 atom stereocenters. The lowest BCUT2D eigenvalue weighted by Crippen LogP contribution is -2.01. The van der Waals surface area contributed by atoms with Crippen molar-refractivity contribution >= 4 is 12.4 Å². The van der Waals surface area contributed by atoms with Crippen LogP contribution < -0.4 is 5.73 Å². The Morgan fingerprint density at radius 1 is 1.30 bits per heavy atom. The molecule has 1 aromatic rings. The maximum Gasteiger partial charge on any atom is 0.0429 e. The van der Waals surface area contributed by atoms with Gasteiger partial charge in [0.05, 0.1) is 0 Å². The number of aryl methyl sites for hydroxylation is 1. The van der Waals surface area contributed by atoms with Crippen LogP contribution in [0.2, 0.25) is 0 Å². The Morgan fingerprint density at radius 2 is 1.90 bits per heavy atom. The Morgan fingerprint density at radius 3 is 2.40 bits per heavy atom. The van der Waals surface area contributed by atoms with Crippen LogP contribution in [0.3, 0.4) is 0 Å². The zero-order chi connectivity index (χ0) is 10.1. The molecule has 0 aliphatic heterocycles. The average Bonchev–Trinajstić information content (AvgIpc) is 2.04. The van der Waals surface area contributed by atoms with E-state index in [1.807, 2.05) is 0 Å². The molecule has 1 nitrogen and oxygen atoms in total. The molecule has 56 valence electrons. The average molecular weight is 162 g/mol. The Bertz CT molecular complexity index is 283. The molecule has 0 spiro atoms. The normalized spacial score (nSPS) is 17.3. The second-order valence-electron chi connectivity index (χ2n) is 1.64. The van der Waals surface area contributed by atoms with E-state index in [1.54, 1.807) is 18.2 Å².